The van der Waals surface area contributed by atoms with Crippen LogP contribution in [0.1, 0.15) is 20.8 Å². The van der Waals surface area contributed by atoms with Gasteiger partial charge in [0.15, 0.2) is 0 Å². The van der Waals surface area contributed by atoms with Gasteiger partial charge in [0.2, 0.25) is 0 Å². The zero-order valence-corrected chi connectivity index (χ0v) is 8.54. The molecule has 4 nitrogen and oxygen atoms in total. The van der Waals surface area contributed by atoms with Gasteiger partial charge in [0, 0.05) is 20.1 Å². The summed E-state index contributed by atoms with van der Waals surface area (Å²) in [5.74, 6) is -0.291. The summed E-state index contributed by atoms with van der Waals surface area (Å²) in [5, 5.41) is 0. The largest absolute Gasteiger partial charge is 0.463 e. The van der Waals surface area contributed by atoms with Gasteiger partial charge in [0.1, 0.15) is 12.7 Å². The molecule has 0 aliphatic rings. The summed E-state index contributed by atoms with van der Waals surface area (Å²) in [6, 6.07) is 0. The van der Waals surface area contributed by atoms with Crippen LogP contribution in [0.3, 0.4) is 0 Å². The van der Waals surface area contributed by atoms with Gasteiger partial charge in [-0.25, -0.2) is 0 Å². The van der Waals surface area contributed by atoms with Crippen molar-refractivity contribution in [1.29, 1.82) is 0 Å². The van der Waals surface area contributed by atoms with Crippen LogP contribution in [0.2, 0.25) is 0 Å². The van der Waals surface area contributed by atoms with E-state index < -0.39 is 0 Å². The molecule has 0 saturated heterocycles. The van der Waals surface area contributed by atoms with E-state index in [-0.39, 0.29) is 18.7 Å². The van der Waals surface area contributed by atoms with Crippen LogP contribution in [-0.2, 0) is 19.0 Å². The van der Waals surface area contributed by atoms with Gasteiger partial charge in [0.05, 0.1) is 6.61 Å². The lowest BCUT2D eigenvalue weighted by molar-refractivity contribution is -0.146. The van der Waals surface area contributed by atoms with Crippen LogP contribution in [0, 0.1) is 0 Å². The minimum absolute atomic E-state index is 0.145. The van der Waals surface area contributed by atoms with E-state index in [4.69, 9.17) is 14.2 Å². The summed E-state index contributed by atoms with van der Waals surface area (Å²) in [7, 11) is 0. The second kappa shape index (κ2) is 8.01. The molecule has 0 aliphatic heterocycles. The zero-order valence-electron chi connectivity index (χ0n) is 8.54. The summed E-state index contributed by atoms with van der Waals surface area (Å²) >= 11 is 0. The number of hydrogen-bond acceptors (Lipinski definition) is 4. The Morgan fingerprint density at radius 1 is 1.23 bits per heavy atom. The minimum Gasteiger partial charge on any atom is -0.463 e. The van der Waals surface area contributed by atoms with Crippen LogP contribution in [0.15, 0.2) is 0 Å². The highest BCUT2D eigenvalue weighted by Gasteiger charge is 2.09. The van der Waals surface area contributed by atoms with E-state index >= 15 is 0 Å². The van der Waals surface area contributed by atoms with Crippen molar-refractivity contribution in [2.75, 3.05) is 26.4 Å². The van der Waals surface area contributed by atoms with Crippen LogP contribution in [-0.4, -0.2) is 38.5 Å². The number of esters is 1. The molecule has 1 unspecified atom stereocenters. The molecule has 0 bridgehead atoms. The van der Waals surface area contributed by atoms with Gasteiger partial charge in [0.25, 0.3) is 0 Å². The molecule has 0 amide bonds. The van der Waals surface area contributed by atoms with E-state index in [1.807, 2.05) is 13.8 Å². The quantitative estimate of drug-likeness (QED) is 0.562. The Hall–Kier alpha value is -0.610. The van der Waals surface area contributed by atoms with E-state index in [1.54, 1.807) is 0 Å². The average Bonchev–Trinajstić information content (AvgIpc) is 2.09. The molecule has 78 valence electrons. The lowest BCUT2D eigenvalue weighted by atomic mass is 10.4. The predicted molar refractivity (Wildman–Crippen MR) is 48.5 cm³/mol. The molecule has 0 N–H and O–H groups in total. The number of hydrogen-bond donors (Lipinski definition) is 0. The van der Waals surface area contributed by atoms with Crippen molar-refractivity contribution >= 4 is 5.97 Å². The fourth-order valence-corrected chi connectivity index (χ4v) is 0.840. The second-order valence-electron chi connectivity index (χ2n) is 2.54. The van der Waals surface area contributed by atoms with E-state index in [1.165, 1.54) is 6.92 Å². The van der Waals surface area contributed by atoms with Crippen molar-refractivity contribution < 1.29 is 19.0 Å². The van der Waals surface area contributed by atoms with Crippen LogP contribution >= 0.6 is 0 Å². The Bertz CT molecular complexity index is 136. The maximum absolute atomic E-state index is 10.5. The summed E-state index contributed by atoms with van der Waals surface area (Å²) in [5.41, 5.74) is 0. The first kappa shape index (κ1) is 12.4. The predicted octanol–water partition coefficient (Wildman–Crippen LogP) is 0.991. The van der Waals surface area contributed by atoms with E-state index in [2.05, 4.69) is 0 Å². The zero-order chi connectivity index (χ0) is 10.1. The number of rotatable bonds is 7. The number of ether oxygens (including phenoxy) is 3. The number of carbonyl (C=O) groups excluding carboxylic acids is 1. The fraction of sp³-hybridized carbons (Fsp3) is 0.889. The van der Waals surface area contributed by atoms with Gasteiger partial charge in [-0.05, 0) is 13.8 Å². The van der Waals surface area contributed by atoms with Gasteiger partial charge in [-0.3, -0.25) is 4.79 Å². The van der Waals surface area contributed by atoms with Crippen molar-refractivity contribution in [3.8, 4) is 0 Å². The highest BCUT2D eigenvalue weighted by Crippen LogP contribution is 1.95. The van der Waals surface area contributed by atoms with Gasteiger partial charge in [-0.1, -0.05) is 0 Å². The standard InChI is InChI=1S/C9H18O4/c1-4-11-6-9(12-5-2)7-13-8(3)10/h9H,4-7H2,1-3H3. The third kappa shape index (κ3) is 7.74. The van der Waals surface area contributed by atoms with Crippen molar-refractivity contribution in [1.82, 2.24) is 0 Å². The fourth-order valence-electron chi connectivity index (χ4n) is 0.840. The minimum atomic E-state index is -0.291. The first-order valence-electron chi connectivity index (χ1n) is 4.53. The molecule has 0 aliphatic carbocycles. The molecule has 0 radical (unpaired) electrons. The summed E-state index contributed by atoms with van der Waals surface area (Å²) in [6.07, 6.45) is -0.145. The topological polar surface area (TPSA) is 44.8 Å². The molecule has 1 atom stereocenters. The van der Waals surface area contributed by atoms with Gasteiger partial charge >= 0.3 is 5.97 Å². The van der Waals surface area contributed by atoms with Crippen molar-refractivity contribution in [3.63, 3.8) is 0 Å². The first-order valence-corrected chi connectivity index (χ1v) is 4.53. The number of carbonyl (C=O) groups is 1. The van der Waals surface area contributed by atoms with Crippen LogP contribution in [0.5, 0.6) is 0 Å². The molecule has 4 heteroatoms. The molecule has 0 heterocycles. The molecule has 0 rings (SSSR count). The molecule has 13 heavy (non-hydrogen) atoms. The summed E-state index contributed by atoms with van der Waals surface area (Å²) < 4.78 is 15.3. The Morgan fingerprint density at radius 2 is 1.92 bits per heavy atom. The third-order valence-electron chi connectivity index (χ3n) is 1.38. The Kier molecular flexibility index (Phi) is 7.63. The molecule has 0 aromatic carbocycles. The van der Waals surface area contributed by atoms with Crippen LogP contribution < -0.4 is 0 Å². The van der Waals surface area contributed by atoms with Crippen LogP contribution in [0.4, 0.5) is 0 Å². The average molecular weight is 190 g/mol. The van der Waals surface area contributed by atoms with Gasteiger partial charge in [-0.15, -0.1) is 0 Å². The monoisotopic (exact) mass is 190 g/mol. The maximum atomic E-state index is 10.5. The van der Waals surface area contributed by atoms with Crippen LogP contribution in [0.25, 0.3) is 0 Å². The van der Waals surface area contributed by atoms with Crippen molar-refractivity contribution in [2.45, 2.75) is 26.9 Å². The van der Waals surface area contributed by atoms with Crippen molar-refractivity contribution in [2.24, 2.45) is 0 Å². The van der Waals surface area contributed by atoms with E-state index in [9.17, 15) is 4.79 Å². The van der Waals surface area contributed by atoms with E-state index in [0.29, 0.717) is 19.8 Å². The third-order valence-corrected chi connectivity index (χ3v) is 1.38. The first-order chi connectivity index (χ1) is 6.20. The maximum Gasteiger partial charge on any atom is 0.302 e. The Labute approximate surface area is 79.2 Å². The Balaban J connectivity index is 3.59. The molecule has 0 aromatic heterocycles. The van der Waals surface area contributed by atoms with Crippen molar-refractivity contribution in [3.05, 3.63) is 0 Å². The molecule has 0 spiro atoms. The normalized spacial score (nSPS) is 12.5. The SMILES string of the molecule is CCOCC(COC(C)=O)OCC. The smallest absolute Gasteiger partial charge is 0.302 e. The lowest BCUT2D eigenvalue weighted by Gasteiger charge is -2.15. The van der Waals surface area contributed by atoms with Gasteiger partial charge < -0.3 is 14.2 Å². The summed E-state index contributed by atoms with van der Waals surface area (Å²) in [4.78, 5) is 10.5. The van der Waals surface area contributed by atoms with E-state index in [0.717, 1.165) is 0 Å². The van der Waals surface area contributed by atoms with Gasteiger partial charge in [-0.2, -0.15) is 0 Å². The molecule has 0 fully saturated rings. The Morgan fingerprint density at radius 3 is 2.38 bits per heavy atom. The molecule has 0 aromatic rings. The highest BCUT2D eigenvalue weighted by molar-refractivity contribution is 5.65. The molecule has 0 saturated carbocycles. The molecular weight excluding hydrogens is 172 g/mol. The second-order valence-corrected chi connectivity index (χ2v) is 2.54. The summed E-state index contributed by atoms with van der Waals surface area (Å²) in [6.45, 7) is 7.16. The highest BCUT2D eigenvalue weighted by atomic mass is 16.6. The lowest BCUT2D eigenvalue weighted by Crippen LogP contribution is -2.26. The molecular formula is C9H18O4.